The molecular weight excluding hydrogens is 210 g/mol. The van der Waals surface area contributed by atoms with Crippen LogP contribution < -0.4 is 0 Å². The van der Waals surface area contributed by atoms with E-state index in [1.54, 1.807) is 4.90 Å². The number of carbonyl (C=O) groups excluding carboxylic acids is 2. The van der Waals surface area contributed by atoms with Crippen molar-refractivity contribution in [1.82, 2.24) is 4.90 Å². The predicted molar refractivity (Wildman–Crippen MR) is 57.7 cm³/mol. The van der Waals surface area contributed by atoms with Crippen molar-refractivity contribution in [1.29, 1.82) is 0 Å². The molecule has 5 nitrogen and oxygen atoms in total. The summed E-state index contributed by atoms with van der Waals surface area (Å²) >= 11 is 0. The molecule has 1 aliphatic rings. The largest absolute Gasteiger partial charge is 0.464 e. The maximum absolute atomic E-state index is 11.5. The number of amides is 1. The van der Waals surface area contributed by atoms with E-state index in [9.17, 15) is 14.7 Å². The third kappa shape index (κ3) is 3.20. The Morgan fingerprint density at radius 3 is 2.44 bits per heavy atom. The molecule has 0 unspecified atom stereocenters. The zero-order valence-electron chi connectivity index (χ0n) is 9.81. The summed E-state index contributed by atoms with van der Waals surface area (Å²) in [6.45, 7) is 3.03. The molecule has 1 N–H and O–H groups in total. The van der Waals surface area contributed by atoms with Crippen LogP contribution >= 0.6 is 0 Å². The molecule has 2 atom stereocenters. The SMILES string of the molecule is CC(=O)OC[C@H]1CCC[C@@H](CO)N1C(C)=O. The van der Waals surface area contributed by atoms with Gasteiger partial charge in [-0.25, -0.2) is 0 Å². The highest BCUT2D eigenvalue weighted by Gasteiger charge is 2.32. The first-order chi connectivity index (χ1) is 7.56. The van der Waals surface area contributed by atoms with Crippen LogP contribution in [0, 0.1) is 0 Å². The molecule has 1 rings (SSSR count). The molecule has 0 aromatic carbocycles. The summed E-state index contributed by atoms with van der Waals surface area (Å²) in [6, 6.07) is -0.223. The Kier molecular flexibility index (Phi) is 4.73. The van der Waals surface area contributed by atoms with Crippen LogP contribution in [-0.4, -0.2) is 47.2 Å². The summed E-state index contributed by atoms with van der Waals surface area (Å²) in [4.78, 5) is 23.9. The van der Waals surface area contributed by atoms with Gasteiger partial charge in [-0.15, -0.1) is 0 Å². The fourth-order valence-corrected chi connectivity index (χ4v) is 2.24. The van der Waals surface area contributed by atoms with E-state index in [0.717, 1.165) is 19.3 Å². The number of carbonyl (C=O) groups is 2. The summed E-state index contributed by atoms with van der Waals surface area (Å²) in [5.41, 5.74) is 0. The van der Waals surface area contributed by atoms with Crippen LogP contribution in [0.1, 0.15) is 33.1 Å². The van der Waals surface area contributed by atoms with Crippen LogP contribution in [0.2, 0.25) is 0 Å². The first-order valence-electron chi connectivity index (χ1n) is 5.59. The van der Waals surface area contributed by atoms with Gasteiger partial charge in [0.15, 0.2) is 0 Å². The number of hydrogen-bond acceptors (Lipinski definition) is 4. The Hall–Kier alpha value is -1.10. The minimum absolute atomic E-state index is 0.0316. The molecular formula is C11H19NO4. The van der Waals surface area contributed by atoms with E-state index in [4.69, 9.17) is 4.74 Å². The third-order valence-electron chi connectivity index (χ3n) is 2.91. The van der Waals surface area contributed by atoms with Gasteiger partial charge in [-0.3, -0.25) is 9.59 Å². The van der Waals surface area contributed by atoms with Crippen LogP contribution in [-0.2, 0) is 14.3 Å². The Labute approximate surface area is 95.4 Å². The molecule has 0 spiro atoms. The van der Waals surface area contributed by atoms with Gasteiger partial charge in [-0.1, -0.05) is 0 Å². The van der Waals surface area contributed by atoms with Gasteiger partial charge in [0.05, 0.1) is 18.7 Å². The van der Waals surface area contributed by atoms with Crippen molar-refractivity contribution in [2.45, 2.75) is 45.2 Å². The average molecular weight is 229 g/mol. The van der Waals surface area contributed by atoms with Crippen molar-refractivity contribution >= 4 is 11.9 Å². The van der Waals surface area contributed by atoms with E-state index in [0.29, 0.717) is 0 Å². The van der Waals surface area contributed by atoms with Crippen molar-refractivity contribution in [3.63, 3.8) is 0 Å². The summed E-state index contributed by atoms with van der Waals surface area (Å²) in [7, 11) is 0. The maximum Gasteiger partial charge on any atom is 0.302 e. The van der Waals surface area contributed by atoms with Crippen LogP contribution in [0.3, 0.4) is 0 Å². The molecule has 16 heavy (non-hydrogen) atoms. The summed E-state index contributed by atoms with van der Waals surface area (Å²) in [5, 5.41) is 9.20. The third-order valence-corrected chi connectivity index (χ3v) is 2.91. The lowest BCUT2D eigenvalue weighted by Gasteiger charge is -2.40. The van der Waals surface area contributed by atoms with Crippen molar-refractivity contribution in [2.24, 2.45) is 0 Å². The fraction of sp³-hybridized carbons (Fsp3) is 0.818. The van der Waals surface area contributed by atoms with Gasteiger partial charge in [-0.05, 0) is 19.3 Å². The number of aliphatic hydroxyl groups is 1. The lowest BCUT2D eigenvalue weighted by Crippen LogP contribution is -2.52. The minimum atomic E-state index is -0.338. The van der Waals surface area contributed by atoms with Crippen molar-refractivity contribution in [2.75, 3.05) is 13.2 Å². The lowest BCUT2D eigenvalue weighted by molar-refractivity contribution is -0.149. The van der Waals surface area contributed by atoms with Gasteiger partial charge < -0.3 is 14.7 Å². The number of likely N-dealkylation sites (tertiary alicyclic amines) is 1. The smallest absolute Gasteiger partial charge is 0.302 e. The number of nitrogens with zero attached hydrogens (tertiary/aromatic N) is 1. The van der Waals surface area contributed by atoms with E-state index in [2.05, 4.69) is 0 Å². The second-order valence-electron chi connectivity index (χ2n) is 4.15. The zero-order chi connectivity index (χ0) is 12.1. The van der Waals surface area contributed by atoms with Crippen molar-refractivity contribution in [3.8, 4) is 0 Å². The molecule has 0 aromatic rings. The second-order valence-corrected chi connectivity index (χ2v) is 4.15. The number of ether oxygens (including phenoxy) is 1. The Morgan fingerprint density at radius 2 is 1.94 bits per heavy atom. The molecule has 0 bridgehead atoms. The molecule has 1 amide bonds. The van der Waals surface area contributed by atoms with Gasteiger partial charge >= 0.3 is 5.97 Å². The molecule has 1 aliphatic heterocycles. The molecule has 92 valence electrons. The highest BCUT2D eigenvalue weighted by atomic mass is 16.5. The lowest BCUT2D eigenvalue weighted by atomic mass is 9.96. The number of rotatable bonds is 3. The molecule has 0 saturated carbocycles. The average Bonchev–Trinajstić information content (AvgIpc) is 2.25. The highest BCUT2D eigenvalue weighted by molar-refractivity contribution is 5.74. The van der Waals surface area contributed by atoms with Gasteiger partial charge in [-0.2, -0.15) is 0 Å². The highest BCUT2D eigenvalue weighted by Crippen LogP contribution is 2.23. The topological polar surface area (TPSA) is 66.8 Å². The maximum atomic E-state index is 11.5. The van der Waals surface area contributed by atoms with E-state index >= 15 is 0 Å². The number of esters is 1. The Morgan fingerprint density at radius 1 is 1.31 bits per heavy atom. The van der Waals surface area contributed by atoms with E-state index in [1.165, 1.54) is 13.8 Å². The number of piperidine rings is 1. The molecule has 0 radical (unpaired) electrons. The summed E-state index contributed by atoms with van der Waals surface area (Å²) in [6.07, 6.45) is 2.58. The van der Waals surface area contributed by atoms with E-state index in [1.807, 2.05) is 0 Å². The molecule has 5 heteroatoms. The van der Waals surface area contributed by atoms with Crippen molar-refractivity contribution in [3.05, 3.63) is 0 Å². The van der Waals surface area contributed by atoms with Gasteiger partial charge in [0.2, 0.25) is 5.91 Å². The van der Waals surface area contributed by atoms with Crippen molar-refractivity contribution < 1.29 is 19.4 Å². The molecule has 1 saturated heterocycles. The molecule has 0 aliphatic carbocycles. The standard InChI is InChI=1S/C11H19NO4/c1-8(14)12-10(6-13)4-3-5-11(12)7-16-9(2)15/h10-11,13H,3-7H2,1-2H3/t10-,11+/m0/s1. The zero-order valence-corrected chi connectivity index (χ0v) is 9.81. The number of hydrogen-bond donors (Lipinski definition) is 1. The molecule has 1 heterocycles. The summed E-state index contributed by atoms with van der Waals surface area (Å²) in [5.74, 6) is -0.412. The normalized spacial score (nSPS) is 25.3. The van der Waals surface area contributed by atoms with Gasteiger partial charge in [0.25, 0.3) is 0 Å². The second kappa shape index (κ2) is 5.84. The van der Waals surface area contributed by atoms with E-state index < -0.39 is 0 Å². The van der Waals surface area contributed by atoms with Crippen LogP contribution in [0.4, 0.5) is 0 Å². The predicted octanol–water partition coefficient (Wildman–Crippen LogP) is 0.311. The Bertz CT molecular complexity index is 267. The van der Waals surface area contributed by atoms with Crippen LogP contribution in [0.15, 0.2) is 0 Å². The van der Waals surface area contributed by atoms with Crippen LogP contribution in [0.25, 0.3) is 0 Å². The monoisotopic (exact) mass is 229 g/mol. The first kappa shape index (κ1) is 13.0. The quantitative estimate of drug-likeness (QED) is 0.707. The fourth-order valence-electron chi connectivity index (χ4n) is 2.24. The van der Waals surface area contributed by atoms with E-state index in [-0.39, 0.29) is 37.2 Å². The number of aliphatic hydroxyl groups excluding tert-OH is 1. The molecule has 0 aromatic heterocycles. The minimum Gasteiger partial charge on any atom is -0.464 e. The summed E-state index contributed by atoms with van der Waals surface area (Å²) < 4.78 is 4.94. The molecule has 1 fully saturated rings. The first-order valence-corrected chi connectivity index (χ1v) is 5.59. The van der Waals surface area contributed by atoms with Gasteiger partial charge in [0, 0.05) is 13.8 Å². The Balaban J connectivity index is 2.64. The van der Waals surface area contributed by atoms with Crippen LogP contribution in [0.5, 0.6) is 0 Å². The van der Waals surface area contributed by atoms with Gasteiger partial charge in [0.1, 0.15) is 6.61 Å².